The van der Waals surface area contributed by atoms with E-state index in [0.29, 0.717) is 0 Å². The molecule has 0 aliphatic heterocycles. The summed E-state index contributed by atoms with van der Waals surface area (Å²) in [6, 6.07) is 48.8. The smallest absolute Gasteiger partial charge is 0.143 e. The molecule has 2 nitrogen and oxygen atoms in total. The Bertz CT molecular complexity index is 2730. The van der Waals surface area contributed by atoms with E-state index in [0.717, 1.165) is 55.0 Å². The summed E-state index contributed by atoms with van der Waals surface area (Å²) < 4.78 is 13.5. The average molecular weight is 643 g/mol. The Kier molecular flexibility index (Phi) is 5.28. The third-order valence-corrected chi connectivity index (χ3v) is 11.9. The summed E-state index contributed by atoms with van der Waals surface area (Å²) in [5.74, 6) is 0. The molecule has 9 aromatic rings. The normalized spacial score (nSPS) is 15.1. The van der Waals surface area contributed by atoms with Crippen LogP contribution in [0.25, 0.3) is 88.4 Å². The molecule has 0 saturated carbocycles. The van der Waals surface area contributed by atoms with Crippen molar-refractivity contribution < 1.29 is 8.83 Å². The molecule has 2 aliphatic rings. The van der Waals surface area contributed by atoms with Crippen molar-refractivity contribution in [3.63, 3.8) is 0 Å². The zero-order chi connectivity index (χ0) is 33.5. The van der Waals surface area contributed by atoms with Crippen LogP contribution in [0.15, 0.2) is 142 Å². The number of hydrogen-bond donors (Lipinski definition) is 0. The number of hydrogen-bond acceptors (Lipinski definition) is 2. The molecule has 0 unspecified atom stereocenters. The fourth-order valence-corrected chi connectivity index (χ4v) is 9.29. The molecule has 0 fully saturated rings. The summed E-state index contributed by atoms with van der Waals surface area (Å²) in [5.41, 5.74) is 18.8. The standard InChI is InChI=1S/C48H34O2/c1-47(2)39-17-7-5-11-31(39)33-21-19-27(23-41(33)47)29-13-9-15-35-37-25-38-36-16-10-14-30(46(36)50-44(38)26-43(37)49-45(29)35)28-20-22-34-32-12-6-8-18-40(32)48(3,4)42(34)24-28/h5-26H,1-4H3. The first kappa shape index (κ1) is 28.0. The second kappa shape index (κ2) is 9.43. The largest absolute Gasteiger partial charge is 0.455 e. The Labute approximate surface area is 290 Å². The molecule has 0 amide bonds. The zero-order valence-corrected chi connectivity index (χ0v) is 28.5. The van der Waals surface area contributed by atoms with Crippen molar-refractivity contribution >= 4 is 43.9 Å². The zero-order valence-electron chi connectivity index (χ0n) is 28.5. The summed E-state index contributed by atoms with van der Waals surface area (Å²) in [6.07, 6.45) is 0. The Morgan fingerprint density at radius 2 is 0.760 bits per heavy atom. The lowest BCUT2D eigenvalue weighted by atomic mass is 9.81. The second-order valence-corrected chi connectivity index (χ2v) is 15.3. The maximum atomic E-state index is 6.73. The van der Waals surface area contributed by atoms with E-state index in [2.05, 4.69) is 161 Å². The lowest BCUT2D eigenvalue weighted by molar-refractivity contribution is 0.656. The molecule has 2 heterocycles. The number of rotatable bonds is 2. The van der Waals surface area contributed by atoms with E-state index in [4.69, 9.17) is 8.83 Å². The first-order chi connectivity index (χ1) is 24.3. The minimum atomic E-state index is -0.0604. The van der Waals surface area contributed by atoms with E-state index >= 15 is 0 Å². The van der Waals surface area contributed by atoms with Gasteiger partial charge in [0.05, 0.1) is 0 Å². The van der Waals surface area contributed by atoms with Crippen molar-refractivity contribution in [2.75, 3.05) is 0 Å². The lowest BCUT2D eigenvalue weighted by Gasteiger charge is -2.22. The van der Waals surface area contributed by atoms with Gasteiger partial charge in [0.15, 0.2) is 0 Å². The van der Waals surface area contributed by atoms with Crippen LogP contribution >= 0.6 is 0 Å². The maximum Gasteiger partial charge on any atom is 0.143 e. The summed E-state index contributed by atoms with van der Waals surface area (Å²) >= 11 is 0. The Balaban J connectivity index is 1.05. The lowest BCUT2D eigenvalue weighted by Crippen LogP contribution is -2.14. The number of benzene rings is 7. The summed E-state index contributed by atoms with van der Waals surface area (Å²) in [4.78, 5) is 0. The quantitative estimate of drug-likeness (QED) is 0.188. The fourth-order valence-electron chi connectivity index (χ4n) is 9.29. The summed E-state index contributed by atoms with van der Waals surface area (Å²) in [6.45, 7) is 9.33. The molecule has 0 spiro atoms. The van der Waals surface area contributed by atoms with Gasteiger partial charge in [0.1, 0.15) is 22.3 Å². The highest BCUT2D eigenvalue weighted by atomic mass is 16.3. The van der Waals surface area contributed by atoms with Crippen LogP contribution in [0.4, 0.5) is 0 Å². The first-order valence-corrected chi connectivity index (χ1v) is 17.6. The molecular formula is C48H34O2. The third kappa shape index (κ3) is 3.53. The van der Waals surface area contributed by atoms with E-state index < -0.39 is 0 Å². The highest BCUT2D eigenvalue weighted by Crippen LogP contribution is 2.52. The van der Waals surface area contributed by atoms with Gasteiger partial charge in [0.25, 0.3) is 0 Å². The molecule has 0 bridgehead atoms. The van der Waals surface area contributed by atoms with Crippen LogP contribution < -0.4 is 0 Å². The predicted octanol–water partition coefficient (Wildman–Crippen LogP) is 13.4. The van der Waals surface area contributed by atoms with Crippen molar-refractivity contribution in [2.24, 2.45) is 0 Å². The van der Waals surface area contributed by atoms with E-state index in [1.807, 2.05) is 0 Å². The minimum Gasteiger partial charge on any atom is -0.455 e. The average Bonchev–Trinajstić information content (AvgIpc) is 3.82. The van der Waals surface area contributed by atoms with Crippen LogP contribution in [0.1, 0.15) is 49.9 Å². The van der Waals surface area contributed by atoms with Gasteiger partial charge in [0, 0.05) is 49.6 Å². The molecular weight excluding hydrogens is 609 g/mol. The van der Waals surface area contributed by atoms with Crippen LogP contribution in [0.5, 0.6) is 0 Å². The van der Waals surface area contributed by atoms with Crippen molar-refractivity contribution in [2.45, 2.75) is 38.5 Å². The number of furan rings is 2. The van der Waals surface area contributed by atoms with Crippen LogP contribution in [-0.2, 0) is 10.8 Å². The van der Waals surface area contributed by atoms with Crippen molar-refractivity contribution in [3.8, 4) is 44.5 Å². The van der Waals surface area contributed by atoms with E-state index in [1.165, 1.54) is 55.6 Å². The van der Waals surface area contributed by atoms with E-state index in [1.54, 1.807) is 0 Å². The van der Waals surface area contributed by atoms with Crippen LogP contribution in [0, 0.1) is 0 Å². The van der Waals surface area contributed by atoms with Gasteiger partial charge >= 0.3 is 0 Å². The van der Waals surface area contributed by atoms with Gasteiger partial charge in [0.2, 0.25) is 0 Å². The van der Waals surface area contributed by atoms with Crippen molar-refractivity contribution in [1.29, 1.82) is 0 Å². The molecule has 0 radical (unpaired) electrons. The van der Waals surface area contributed by atoms with Gasteiger partial charge in [-0.05, 0) is 73.8 Å². The highest BCUT2D eigenvalue weighted by molar-refractivity contribution is 6.18. The molecule has 238 valence electrons. The Morgan fingerprint density at radius 1 is 0.340 bits per heavy atom. The number of fused-ring (bicyclic) bond motifs is 12. The molecule has 0 atom stereocenters. The molecule has 7 aromatic carbocycles. The molecule has 2 aromatic heterocycles. The minimum absolute atomic E-state index is 0.0604. The van der Waals surface area contributed by atoms with Crippen molar-refractivity contribution in [1.82, 2.24) is 0 Å². The highest BCUT2D eigenvalue weighted by Gasteiger charge is 2.36. The van der Waals surface area contributed by atoms with Gasteiger partial charge in [-0.1, -0.05) is 137 Å². The third-order valence-electron chi connectivity index (χ3n) is 11.9. The van der Waals surface area contributed by atoms with E-state index in [-0.39, 0.29) is 10.8 Å². The molecule has 2 heteroatoms. The fraction of sp³-hybridized carbons (Fsp3) is 0.125. The van der Waals surface area contributed by atoms with Crippen LogP contribution in [0.2, 0.25) is 0 Å². The molecule has 11 rings (SSSR count). The number of para-hydroxylation sites is 2. The first-order valence-electron chi connectivity index (χ1n) is 17.6. The second-order valence-electron chi connectivity index (χ2n) is 15.3. The van der Waals surface area contributed by atoms with Gasteiger partial charge < -0.3 is 8.83 Å². The van der Waals surface area contributed by atoms with Gasteiger partial charge in [-0.2, -0.15) is 0 Å². The molecule has 2 aliphatic carbocycles. The van der Waals surface area contributed by atoms with Crippen LogP contribution in [0.3, 0.4) is 0 Å². The Hall–Kier alpha value is -5.86. The molecule has 0 saturated heterocycles. The van der Waals surface area contributed by atoms with Crippen molar-refractivity contribution in [3.05, 3.63) is 156 Å². The van der Waals surface area contributed by atoms with Gasteiger partial charge in [-0.25, -0.2) is 0 Å². The van der Waals surface area contributed by atoms with Gasteiger partial charge in [-0.3, -0.25) is 0 Å². The molecule has 50 heavy (non-hydrogen) atoms. The Morgan fingerprint density at radius 3 is 1.24 bits per heavy atom. The topological polar surface area (TPSA) is 26.3 Å². The SMILES string of the molecule is CC1(C)c2ccccc2-c2ccc(-c3cccc4c3oc3cc5oc6c(-c7ccc8c(c7)C(C)(C)c7ccccc7-8)cccc6c5cc34)cc21. The van der Waals surface area contributed by atoms with E-state index in [9.17, 15) is 0 Å². The summed E-state index contributed by atoms with van der Waals surface area (Å²) in [7, 11) is 0. The molecule has 0 N–H and O–H groups in total. The summed E-state index contributed by atoms with van der Waals surface area (Å²) in [5, 5.41) is 4.45. The monoisotopic (exact) mass is 642 g/mol. The van der Waals surface area contributed by atoms with Gasteiger partial charge in [-0.15, -0.1) is 0 Å². The predicted molar refractivity (Wildman–Crippen MR) is 207 cm³/mol. The maximum absolute atomic E-state index is 6.73. The van der Waals surface area contributed by atoms with Crippen LogP contribution in [-0.4, -0.2) is 0 Å².